The first-order valence-electron chi connectivity index (χ1n) is 10.0. The SMILES string of the molecule is O=c1oc2c(C3c4ccccc4-c4ccccc43)cccc2c[n+]1-c1ccccc1. The summed E-state index contributed by atoms with van der Waals surface area (Å²) >= 11 is 0. The molecule has 3 nitrogen and oxygen atoms in total. The Hall–Kier alpha value is -3.98. The Morgan fingerprint density at radius 1 is 0.633 bits per heavy atom. The van der Waals surface area contributed by atoms with Crippen LogP contribution in [-0.2, 0) is 0 Å². The first kappa shape index (κ1) is 16.9. The molecule has 0 unspecified atom stereocenters. The van der Waals surface area contributed by atoms with Crippen molar-refractivity contribution in [2.45, 2.75) is 5.92 Å². The highest BCUT2D eigenvalue weighted by Gasteiger charge is 2.31. The van der Waals surface area contributed by atoms with Crippen LogP contribution in [0.25, 0.3) is 27.8 Å². The molecular formula is C27H18NO2+. The summed E-state index contributed by atoms with van der Waals surface area (Å²) in [6.07, 6.45) is 1.87. The first-order valence-corrected chi connectivity index (χ1v) is 10.0. The van der Waals surface area contributed by atoms with Gasteiger partial charge in [-0.3, -0.25) is 0 Å². The Morgan fingerprint density at radius 2 is 1.23 bits per heavy atom. The van der Waals surface area contributed by atoms with Crippen LogP contribution in [0.5, 0.6) is 0 Å². The average molecular weight is 388 g/mol. The summed E-state index contributed by atoms with van der Waals surface area (Å²) < 4.78 is 7.49. The van der Waals surface area contributed by atoms with Gasteiger partial charge in [0.05, 0.1) is 5.39 Å². The lowest BCUT2D eigenvalue weighted by atomic mass is 9.88. The summed E-state index contributed by atoms with van der Waals surface area (Å²) in [5, 5.41) is 0.901. The van der Waals surface area contributed by atoms with Crippen molar-refractivity contribution in [1.29, 1.82) is 0 Å². The van der Waals surface area contributed by atoms with E-state index in [4.69, 9.17) is 4.42 Å². The minimum atomic E-state index is -0.388. The van der Waals surface area contributed by atoms with Crippen LogP contribution >= 0.6 is 0 Å². The van der Waals surface area contributed by atoms with E-state index in [1.165, 1.54) is 22.3 Å². The van der Waals surface area contributed by atoms with E-state index in [2.05, 4.69) is 54.6 Å². The third-order valence-corrected chi connectivity index (χ3v) is 5.91. The fourth-order valence-corrected chi connectivity index (χ4v) is 4.61. The van der Waals surface area contributed by atoms with Crippen molar-refractivity contribution in [3.05, 3.63) is 130 Å². The fraction of sp³-hybridized carbons (Fsp3) is 0.0370. The molecular weight excluding hydrogens is 370 g/mol. The van der Waals surface area contributed by atoms with Crippen LogP contribution in [0.1, 0.15) is 22.6 Å². The van der Waals surface area contributed by atoms with Gasteiger partial charge in [-0.05, 0) is 28.3 Å². The number of rotatable bonds is 2. The molecule has 0 aliphatic heterocycles. The van der Waals surface area contributed by atoms with Crippen molar-refractivity contribution in [3.63, 3.8) is 0 Å². The van der Waals surface area contributed by atoms with Crippen LogP contribution in [0, 0.1) is 0 Å². The third kappa shape index (κ3) is 2.45. The standard InChI is InChI=1S/C27H18NO2/c29-27-28(19-10-2-1-3-11-19)17-18-9-8-16-24(26(18)30-27)25-22-14-6-4-12-20(22)21-13-5-7-15-23(21)25/h1-17,25H/q+1. The number of para-hydroxylation sites is 2. The zero-order valence-corrected chi connectivity index (χ0v) is 16.2. The van der Waals surface area contributed by atoms with Gasteiger partial charge < -0.3 is 4.42 Å². The maximum Gasteiger partial charge on any atom is 0.608 e. The molecule has 1 aliphatic carbocycles. The van der Waals surface area contributed by atoms with Crippen molar-refractivity contribution in [3.8, 4) is 16.8 Å². The minimum Gasteiger partial charge on any atom is -0.371 e. The molecule has 1 aromatic heterocycles. The summed E-state index contributed by atoms with van der Waals surface area (Å²) in [7, 11) is 0. The van der Waals surface area contributed by atoms with Gasteiger partial charge >= 0.3 is 5.76 Å². The smallest absolute Gasteiger partial charge is 0.371 e. The van der Waals surface area contributed by atoms with Crippen LogP contribution in [0.15, 0.2) is 112 Å². The van der Waals surface area contributed by atoms with E-state index in [0.29, 0.717) is 5.58 Å². The molecule has 0 N–H and O–H groups in total. The highest BCUT2D eigenvalue weighted by Crippen LogP contribution is 2.48. The Bertz CT molecular complexity index is 1420. The van der Waals surface area contributed by atoms with E-state index in [-0.39, 0.29) is 11.7 Å². The van der Waals surface area contributed by atoms with Crippen LogP contribution in [0.3, 0.4) is 0 Å². The fourth-order valence-electron chi connectivity index (χ4n) is 4.61. The molecule has 0 amide bonds. The monoisotopic (exact) mass is 388 g/mol. The van der Waals surface area contributed by atoms with Gasteiger partial charge in [0.15, 0.2) is 11.8 Å². The second kappa shape index (κ2) is 6.53. The molecule has 0 saturated heterocycles. The Morgan fingerprint density at radius 3 is 1.93 bits per heavy atom. The lowest BCUT2D eigenvalue weighted by molar-refractivity contribution is -0.623. The van der Waals surface area contributed by atoms with E-state index in [9.17, 15) is 4.79 Å². The maximum atomic E-state index is 12.9. The molecule has 1 heterocycles. The lowest BCUT2D eigenvalue weighted by Crippen LogP contribution is -2.46. The minimum absolute atomic E-state index is 0.0387. The quantitative estimate of drug-likeness (QED) is 0.381. The summed E-state index contributed by atoms with van der Waals surface area (Å²) in [5.74, 6) is -0.349. The summed E-state index contributed by atoms with van der Waals surface area (Å²) in [6.45, 7) is 0. The number of fused-ring (bicyclic) bond motifs is 4. The largest absolute Gasteiger partial charge is 0.608 e. The molecule has 6 rings (SSSR count). The van der Waals surface area contributed by atoms with Crippen molar-refractivity contribution < 1.29 is 8.98 Å². The normalized spacial score (nSPS) is 12.7. The van der Waals surface area contributed by atoms with Gasteiger partial charge in [-0.2, -0.15) is 4.79 Å². The topological polar surface area (TPSA) is 34.1 Å². The van der Waals surface area contributed by atoms with Crippen LogP contribution in [0.4, 0.5) is 0 Å². The third-order valence-electron chi connectivity index (χ3n) is 5.91. The molecule has 1 aliphatic rings. The Balaban J connectivity index is 1.61. The highest BCUT2D eigenvalue weighted by molar-refractivity contribution is 5.86. The van der Waals surface area contributed by atoms with Crippen LogP contribution in [0.2, 0.25) is 0 Å². The molecule has 30 heavy (non-hydrogen) atoms. The van der Waals surface area contributed by atoms with Gasteiger partial charge in [-0.25, -0.2) is 0 Å². The summed E-state index contributed by atoms with van der Waals surface area (Å²) in [5.41, 5.74) is 7.42. The molecule has 3 heteroatoms. The molecule has 5 aromatic rings. The molecule has 142 valence electrons. The van der Waals surface area contributed by atoms with Crippen LogP contribution in [-0.4, -0.2) is 0 Å². The predicted octanol–water partition coefficient (Wildman–Crippen LogP) is 5.23. The zero-order chi connectivity index (χ0) is 20.1. The molecule has 0 atom stereocenters. The highest BCUT2D eigenvalue weighted by atomic mass is 16.4. The number of hydrogen-bond acceptors (Lipinski definition) is 2. The average Bonchev–Trinajstić information content (AvgIpc) is 3.13. The van der Waals surface area contributed by atoms with Crippen LogP contribution < -0.4 is 10.3 Å². The van der Waals surface area contributed by atoms with Gasteiger partial charge in [-0.15, -0.1) is 0 Å². The van der Waals surface area contributed by atoms with Gasteiger partial charge in [0, 0.05) is 23.6 Å². The molecule has 0 saturated carbocycles. The van der Waals surface area contributed by atoms with Crippen molar-refractivity contribution >= 4 is 11.0 Å². The molecule has 0 fully saturated rings. The first-order chi connectivity index (χ1) is 14.8. The summed E-state index contributed by atoms with van der Waals surface area (Å²) in [6, 6.07) is 32.6. The Kier molecular flexibility index (Phi) is 3.68. The molecule has 4 aromatic carbocycles. The van der Waals surface area contributed by atoms with Gasteiger partial charge in [0.2, 0.25) is 5.69 Å². The van der Waals surface area contributed by atoms with Gasteiger partial charge in [-0.1, -0.05) is 83.4 Å². The van der Waals surface area contributed by atoms with E-state index < -0.39 is 0 Å². The maximum absolute atomic E-state index is 12.9. The van der Waals surface area contributed by atoms with E-state index >= 15 is 0 Å². The second-order valence-electron chi connectivity index (χ2n) is 7.58. The van der Waals surface area contributed by atoms with E-state index in [1.54, 1.807) is 4.57 Å². The van der Waals surface area contributed by atoms with Crippen molar-refractivity contribution in [2.75, 3.05) is 0 Å². The predicted molar refractivity (Wildman–Crippen MR) is 117 cm³/mol. The number of nitrogens with zero attached hydrogens (tertiary/aromatic N) is 1. The number of hydrogen-bond donors (Lipinski definition) is 0. The summed E-state index contributed by atoms with van der Waals surface area (Å²) in [4.78, 5) is 12.9. The van der Waals surface area contributed by atoms with Gasteiger partial charge in [0.1, 0.15) is 0 Å². The second-order valence-corrected chi connectivity index (χ2v) is 7.58. The van der Waals surface area contributed by atoms with Gasteiger partial charge in [0.25, 0.3) is 0 Å². The Labute approximate surface area is 173 Å². The number of benzene rings is 4. The lowest BCUT2D eigenvalue weighted by Gasteiger charge is -2.15. The number of aromatic nitrogens is 1. The molecule has 0 bridgehead atoms. The molecule has 0 spiro atoms. The van der Waals surface area contributed by atoms with Crippen molar-refractivity contribution in [1.82, 2.24) is 0 Å². The van der Waals surface area contributed by atoms with E-state index in [1.807, 2.05) is 48.7 Å². The zero-order valence-electron chi connectivity index (χ0n) is 16.2. The molecule has 0 radical (unpaired) electrons. The van der Waals surface area contributed by atoms with Crippen molar-refractivity contribution in [2.24, 2.45) is 0 Å². The van der Waals surface area contributed by atoms with E-state index in [0.717, 1.165) is 16.6 Å².